The maximum absolute atomic E-state index is 13.0. The number of amides is 2. The second-order valence-corrected chi connectivity index (χ2v) is 7.60. The summed E-state index contributed by atoms with van der Waals surface area (Å²) >= 11 is 0. The van der Waals surface area contributed by atoms with Crippen molar-refractivity contribution in [2.24, 2.45) is 5.92 Å². The smallest absolute Gasteiger partial charge is 0.266 e. The third-order valence-electron chi connectivity index (χ3n) is 5.03. The number of carbonyl (C=O) groups is 2. The summed E-state index contributed by atoms with van der Waals surface area (Å²) in [5.41, 5.74) is -1.07. The summed E-state index contributed by atoms with van der Waals surface area (Å²) in [6.45, 7) is 7.51. The van der Waals surface area contributed by atoms with Gasteiger partial charge in [0, 0.05) is 39.3 Å². The largest absolute Gasteiger partial charge is 0.478 e. The fraction of sp³-hybridized carbons (Fsp3) is 0.579. The second kappa shape index (κ2) is 7.23. The Balaban J connectivity index is 1.51. The minimum absolute atomic E-state index is 0.121. The first-order valence-corrected chi connectivity index (χ1v) is 8.97. The van der Waals surface area contributed by atoms with E-state index in [-0.39, 0.29) is 23.5 Å². The Morgan fingerprint density at radius 1 is 1.04 bits per heavy atom. The highest BCUT2D eigenvalue weighted by Crippen LogP contribution is 2.26. The van der Waals surface area contributed by atoms with Crippen LogP contribution in [0.2, 0.25) is 0 Å². The van der Waals surface area contributed by atoms with E-state index in [1.807, 2.05) is 4.90 Å². The van der Waals surface area contributed by atoms with Crippen molar-refractivity contribution in [3.63, 3.8) is 0 Å². The van der Waals surface area contributed by atoms with Crippen LogP contribution in [0.15, 0.2) is 24.3 Å². The van der Waals surface area contributed by atoms with Crippen LogP contribution in [-0.4, -0.2) is 78.4 Å². The second-order valence-electron chi connectivity index (χ2n) is 7.60. The highest BCUT2D eigenvalue weighted by Gasteiger charge is 2.44. The number of rotatable bonds is 4. The first kappa shape index (κ1) is 18.6. The molecule has 2 amide bonds. The number of hydrogen-bond donors (Lipinski definition) is 0. The lowest BCUT2D eigenvalue weighted by molar-refractivity contribution is -0.158. The van der Waals surface area contributed by atoms with E-state index in [9.17, 15) is 14.0 Å². The molecular formula is C19H26FN3O3. The zero-order chi connectivity index (χ0) is 18.9. The van der Waals surface area contributed by atoms with Gasteiger partial charge in [-0.15, -0.1) is 0 Å². The molecule has 6 nitrogen and oxygen atoms in total. The third-order valence-corrected chi connectivity index (χ3v) is 5.03. The molecule has 0 aliphatic carbocycles. The van der Waals surface area contributed by atoms with Crippen LogP contribution in [0.4, 0.5) is 4.39 Å². The maximum Gasteiger partial charge on any atom is 0.266 e. The predicted octanol–water partition coefficient (Wildman–Crippen LogP) is 1.22. The summed E-state index contributed by atoms with van der Waals surface area (Å²) in [5.74, 6) is -0.0579. The predicted molar refractivity (Wildman–Crippen MR) is 95.3 cm³/mol. The van der Waals surface area contributed by atoms with E-state index >= 15 is 0 Å². The van der Waals surface area contributed by atoms with Crippen molar-refractivity contribution >= 4 is 11.8 Å². The van der Waals surface area contributed by atoms with Crippen molar-refractivity contribution in [1.29, 1.82) is 0 Å². The van der Waals surface area contributed by atoms with Gasteiger partial charge in [-0.25, -0.2) is 4.39 Å². The molecule has 0 unspecified atom stereocenters. The molecular weight excluding hydrogens is 337 g/mol. The summed E-state index contributed by atoms with van der Waals surface area (Å²) in [6, 6.07) is 5.59. The first-order valence-electron chi connectivity index (χ1n) is 8.97. The average Bonchev–Trinajstić information content (AvgIpc) is 2.56. The van der Waals surface area contributed by atoms with E-state index < -0.39 is 5.60 Å². The van der Waals surface area contributed by atoms with Crippen molar-refractivity contribution in [2.45, 2.75) is 19.4 Å². The molecule has 0 spiro atoms. The molecule has 0 N–H and O–H groups in total. The Kier molecular flexibility index (Phi) is 5.18. The normalized spacial score (nSPS) is 19.2. The van der Waals surface area contributed by atoms with Crippen molar-refractivity contribution in [3.05, 3.63) is 30.1 Å². The number of piperazine rings is 1. The molecule has 3 rings (SSSR count). The number of halogens is 1. The summed E-state index contributed by atoms with van der Waals surface area (Å²) in [6.07, 6.45) is 0. The van der Waals surface area contributed by atoms with Crippen LogP contribution in [0, 0.1) is 11.7 Å². The lowest BCUT2D eigenvalue weighted by Crippen LogP contribution is -2.62. The quantitative estimate of drug-likeness (QED) is 0.807. The number of nitrogens with zero attached hydrogens (tertiary/aromatic N) is 3. The van der Waals surface area contributed by atoms with Gasteiger partial charge in [0.1, 0.15) is 11.6 Å². The minimum Gasteiger partial charge on any atom is -0.478 e. The highest BCUT2D eigenvalue weighted by molar-refractivity contribution is 5.88. The fourth-order valence-corrected chi connectivity index (χ4v) is 3.31. The van der Waals surface area contributed by atoms with Gasteiger partial charge in [-0.2, -0.15) is 0 Å². The van der Waals surface area contributed by atoms with E-state index in [0.29, 0.717) is 18.8 Å². The minimum atomic E-state index is -1.07. The Morgan fingerprint density at radius 3 is 2.19 bits per heavy atom. The van der Waals surface area contributed by atoms with Gasteiger partial charge in [0.25, 0.3) is 5.91 Å². The lowest BCUT2D eigenvalue weighted by atomic mass is 9.95. The van der Waals surface area contributed by atoms with E-state index in [0.717, 1.165) is 26.2 Å². The van der Waals surface area contributed by atoms with Crippen LogP contribution in [0.25, 0.3) is 0 Å². The highest BCUT2D eigenvalue weighted by atomic mass is 19.1. The molecule has 2 fully saturated rings. The number of ether oxygens (including phenoxy) is 1. The van der Waals surface area contributed by atoms with Crippen LogP contribution in [0.5, 0.6) is 5.75 Å². The fourth-order valence-electron chi connectivity index (χ4n) is 3.31. The molecule has 0 saturated carbocycles. The van der Waals surface area contributed by atoms with Crippen molar-refractivity contribution < 1.29 is 18.7 Å². The number of benzene rings is 1. The van der Waals surface area contributed by atoms with E-state index in [1.165, 1.54) is 24.3 Å². The monoisotopic (exact) mass is 363 g/mol. The molecule has 1 aromatic rings. The van der Waals surface area contributed by atoms with Crippen LogP contribution in [0.3, 0.4) is 0 Å². The topological polar surface area (TPSA) is 53.1 Å². The van der Waals surface area contributed by atoms with Crippen LogP contribution >= 0.6 is 0 Å². The zero-order valence-electron chi connectivity index (χ0n) is 15.6. The lowest BCUT2D eigenvalue weighted by Gasteiger charge is -2.44. The van der Waals surface area contributed by atoms with Crippen LogP contribution < -0.4 is 4.74 Å². The van der Waals surface area contributed by atoms with Crippen molar-refractivity contribution in [1.82, 2.24) is 14.7 Å². The number of carbonyl (C=O) groups excluding carboxylic acids is 2. The van der Waals surface area contributed by atoms with Gasteiger partial charge in [0.15, 0.2) is 5.60 Å². The Hall–Kier alpha value is -2.15. The van der Waals surface area contributed by atoms with E-state index in [1.54, 1.807) is 18.7 Å². The molecule has 0 radical (unpaired) electrons. The number of likely N-dealkylation sites (tertiary alicyclic amines) is 1. The molecule has 142 valence electrons. The summed E-state index contributed by atoms with van der Waals surface area (Å²) in [5, 5.41) is 0. The van der Waals surface area contributed by atoms with Crippen molar-refractivity contribution in [2.75, 3.05) is 46.3 Å². The Bertz CT molecular complexity index is 663. The van der Waals surface area contributed by atoms with Crippen LogP contribution in [-0.2, 0) is 9.59 Å². The number of hydrogen-bond acceptors (Lipinski definition) is 4. The molecule has 2 aliphatic rings. The average molecular weight is 363 g/mol. The molecule has 2 heterocycles. The van der Waals surface area contributed by atoms with Crippen LogP contribution in [0.1, 0.15) is 13.8 Å². The summed E-state index contributed by atoms with van der Waals surface area (Å²) in [4.78, 5) is 31.0. The van der Waals surface area contributed by atoms with Gasteiger partial charge in [0.05, 0.1) is 5.92 Å². The third kappa shape index (κ3) is 3.98. The van der Waals surface area contributed by atoms with Crippen molar-refractivity contribution in [3.8, 4) is 5.75 Å². The molecule has 0 atom stereocenters. The van der Waals surface area contributed by atoms with Gasteiger partial charge in [-0.05, 0) is 45.2 Å². The molecule has 0 aromatic heterocycles. The van der Waals surface area contributed by atoms with Gasteiger partial charge >= 0.3 is 0 Å². The Morgan fingerprint density at radius 2 is 1.62 bits per heavy atom. The van der Waals surface area contributed by atoms with Gasteiger partial charge in [-0.3, -0.25) is 9.59 Å². The molecule has 1 aromatic carbocycles. The van der Waals surface area contributed by atoms with E-state index in [2.05, 4.69) is 11.9 Å². The molecule has 2 aliphatic heterocycles. The molecule has 2 saturated heterocycles. The molecule has 7 heteroatoms. The molecule has 0 bridgehead atoms. The van der Waals surface area contributed by atoms with Gasteiger partial charge < -0.3 is 19.4 Å². The van der Waals surface area contributed by atoms with Gasteiger partial charge in [0.2, 0.25) is 5.91 Å². The first-order chi connectivity index (χ1) is 12.3. The maximum atomic E-state index is 13.0. The standard InChI is InChI=1S/C19H26FN3O3/c1-19(2,26-16-6-4-15(20)5-7-16)18(25)23-12-14(13-23)17(24)22-10-8-21(3)9-11-22/h4-7,14H,8-13H2,1-3H3. The zero-order valence-corrected chi connectivity index (χ0v) is 15.6. The Labute approximate surface area is 153 Å². The van der Waals surface area contributed by atoms with Gasteiger partial charge in [-0.1, -0.05) is 0 Å². The number of likely N-dealkylation sites (N-methyl/N-ethyl adjacent to an activating group) is 1. The van der Waals surface area contributed by atoms with E-state index in [4.69, 9.17) is 4.74 Å². The molecule has 26 heavy (non-hydrogen) atoms. The summed E-state index contributed by atoms with van der Waals surface area (Å²) < 4.78 is 18.7. The summed E-state index contributed by atoms with van der Waals surface area (Å²) in [7, 11) is 2.05. The SMILES string of the molecule is CN1CCN(C(=O)C2CN(C(=O)C(C)(C)Oc3ccc(F)cc3)C2)CC1.